The van der Waals surface area contributed by atoms with E-state index < -0.39 is 0 Å². The van der Waals surface area contributed by atoms with E-state index >= 15 is 0 Å². The molecule has 0 aliphatic carbocycles. The van der Waals surface area contributed by atoms with Gasteiger partial charge in [-0.15, -0.1) is 0 Å². The number of nitrogens with zero attached hydrogens (tertiary/aromatic N) is 1. The number of benzene rings is 2. The summed E-state index contributed by atoms with van der Waals surface area (Å²) in [6.07, 6.45) is 0. The fourth-order valence-electron chi connectivity index (χ4n) is 2.67. The number of carbonyl (C=O) groups excluding carboxylic acids is 1. The molecular weight excluding hydrogens is 290 g/mol. The second-order valence-electron chi connectivity index (χ2n) is 5.48. The second-order valence-corrected chi connectivity index (χ2v) is 5.48. The molecule has 0 saturated heterocycles. The molecule has 1 unspecified atom stereocenters. The van der Waals surface area contributed by atoms with Crippen molar-refractivity contribution in [1.82, 2.24) is 15.3 Å². The van der Waals surface area contributed by atoms with Crippen molar-refractivity contribution < 1.29 is 4.79 Å². The van der Waals surface area contributed by atoms with Crippen LogP contribution in [0.15, 0.2) is 53.3 Å². The fraction of sp³-hybridized carbons (Fsp3) is 0.167. The minimum absolute atomic E-state index is 0.123. The highest BCUT2D eigenvalue weighted by Gasteiger charge is 2.15. The van der Waals surface area contributed by atoms with E-state index in [1.807, 2.05) is 49.4 Å². The van der Waals surface area contributed by atoms with Crippen molar-refractivity contribution >= 4 is 16.7 Å². The Labute approximate surface area is 133 Å². The Morgan fingerprint density at radius 3 is 2.70 bits per heavy atom. The van der Waals surface area contributed by atoms with Gasteiger partial charge in [0, 0.05) is 6.07 Å². The van der Waals surface area contributed by atoms with E-state index in [2.05, 4.69) is 15.3 Å². The van der Waals surface area contributed by atoms with Crippen LogP contribution in [0.1, 0.15) is 34.8 Å². The summed E-state index contributed by atoms with van der Waals surface area (Å²) in [5, 5.41) is 5.12. The maximum atomic E-state index is 12.3. The Morgan fingerprint density at radius 2 is 1.91 bits per heavy atom. The number of amides is 1. The van der Waals surface area contributed by atoms with E-state index in [1.54, 1.807) is 6.92 Å². The highest BCUT2D eigenvalue weighted by Crippen LogP contribution is 2.24. The lowest BCUT2D eigenvalue weighted by Crippen LogP contribution is -2.29. The molecule has 0 aliphatic rings. The van der Waals surface area contributed by atoms with Gasteiger partial charge in [0.1, 0.15) is 11.5 Å². The third kappa shape index (κ3) is 3.13. The molecule has 0 radical (unpaired) electrons. The SMILES string of the molecule is Cc1nc(C(=O)NC(C)c2cccc3ccccc23)cc(=O)[nH]1. The van der Waals surface area contributed by atoms with Gasteiger partial charge in [-0.1, -0.05) is 42.5 Å². The lowest BCUT2D eigenvalue weighted by Gasteiger charge is -2.16. The minimum atomic E-state index is -0.361. The van der Waals surface area contributed by atoms with Crippen molar-refractivity contribution in [3.8, 4) is 0 Å². The first-order valence-electron chi connectivity index (χ1n) is 7.41. The number of H-pyrrole nitrogens is 1. The third-order valence-electron chi connectivity index (χ3n) is 3.73. The maximum Gasteiger partial charge on any atom is 0.270 e. The van der Waals surface area contributed by atoms with E-state index in [9.17, 15) is 9.59 Å². The number of fused-ring (bicyclic) bond motifs is 1. The molecule has 0 bridgehead atoms. The summed E-state index contributed by atoms with van der Waals surface area (Å²) in [5.41, 5.74) is 0.816. The van der Waals surface area contributed by atoms with Gasteiger partial charge in [-0.3, -0.25) is 9.59 Å². The third-order valence-corrected chi connectivity index (χ3v) is 3.73. The van der Waals surface area contributed by atoms with Crippen molar-refractivity contribution in [1.29, 1.82) is 0 Å². The summed E-state index contributed by atoms with van der Waals surface area (Å²) in [6, 6.07) is 15.0. The van der Waals surface area contributed by atoms with E-state index in [-0.39, 0.29) is 23.2 Å². The van der Waals surface area contributed by atoms with Crippen molar-refractivity contribution in [2.45, 2.75) is 19.9 Å². The van der Waals surface area contributed by atoms with Crippen LogP contribution in [-0.2, 0) is 0 Å². The summed E-state index contributed by atoms with van der Waals surface area (Å²) >= 11 is 0. The van der Waals surface area contributed by atoms with Gasteiger partial charge in [-0.2, -0.15) is 0 Å². The molecule has 3 aromatic rings. The maximum absolute atomic E-state index is 12.3. The van der Waals surface area contributed by atoms with Crippen LogP contribution in [0.5, 0.6) is 0 Å². The average Bonchev–Trinajstić information content (AvgIpc) is 2.53. The highest BCUT2D eigenvalue weighted by molar-refractivity contribution is 5.93. The Balaban J connectivity index is 1.90. The molecule has 23 heavy (non-hydrogen) atoms. The van der Waals surface area contributed by atoms with Crippen LogP contribution in [0.3, 0.4) is 0 Å². The normalized spacial score (nSPS) is 12.1. The van der Waals surface area contributed by atoms with Crippen LogP contribution in [0.25, 0.3) is 10.8 Å². The van der Waals surface area contributed by atoms with Crippen LogP contribution >= 0.6 is 0 Å². The van der Waals surface area contributed by atoms with Gasteiger partial charge in [0.2, 0.25) is 0 Å². The molecule has 0 saturated carbocycles. The molecule has 5 heteroatoms. The number of aromatic nitrogens is 2. The van der Waals surface area contributed by atoms with Gasteiger partial charge >= 0.3 is 0 Å². The zero-order valence-electron chi connectivity index (χ0n) is 13.0. The standard InChI is InChI=1S/C18H17N3O2/c1-11(14-9-5-7-13-6-3-4-8-15(13)14)19-18(23)16-10-17(22)21-12(2)20-16/h3-11H,1-2H3,(H,19,23)(H,20,21,22). The van der Waals surface area contributed by atoms with Crippen molar-refractivity contribution in [2.75, 3.05) is 0 Å². The molecule has 2 N–H and O–H groups in total. The largest absolute Gasteiger partial charge is 0.344 e. The molecular formula is C18H17N3O2. The molecule has 0 fully saturated rings. The molecule has 1 aromatic heterocycles. The lowest BCUT2D eigenvalue weighted by molar-refractivity contribution is 0.0934. The molecule has 1 heterocycles. The fourth-order valence-corrected chi connectivity index (χ4v) is 2.67. The second kappa shape index (κ2) is 6.04. The summed E-state index contributed by atoms with van der Waals surface area (Å²) in [7, 11) is 0. The minimum Gasteiger partial charge on any atom is -0.344 e. The van der Waals surface area contributed by atoms with Crippen LogP contribution < -0.4 is 10.9 Å². The predicted molar refractivity (Wildman–Crippen MR) is 89.4 cm³/mol. The first-order valence-corrected chi connectivity index (χ1v) is 7.41. The van der Waals surface area contributed by atoms with Crippen molar-refractivity contribution in [3.63, 3.8) is 0 Å². The van der Waals surface area contributed by atoms with Gasteiger partial charge in [0.15, 0.2) is 0 Å². The number of aromatic amines is 1. The number of rotatable bonds is 3. The van der Waals surface area contributed by atoms with E-state index in [4.69, 9.17) is 0 Å². The Hall–Kier alpha value is -2.95. The quantitative estimate of drug-likeness (QED) is 0.781. The summed E-state index contributed by atoms with van der Waals surface area (Å²) < 4.78 is 0. The first-order chi connectivity index (χ1) is 11.0. The number of carbonyl (C=O) groups is 1. The zero-order valence-corrected chi connectivity index (χ0v) is 13.0. The summed E-state index contributed by atoms with van der Waals surface area (Å²) in [5.74, 6) is 0.0556. The monoisotopic (exact) mass is 307 g/mol. The average molecular weight is 307 g/mol. The van der Waals surface area contributed by atoms with Crippen LogP contribution in [-0.4, -0.2) is 15.9 Å². The Kier molecular flexibility index (Phi) is 3.93. The van der Waals surface area contributed by atoms with Crippen LogP contribution in [0.4, 0.5) is 0 Å². The zero-order chi connectivity index (χ0) is 16.4. The smallest absolute Gasteiger partial charge is 0.270 e. The van der Waals surface area contributed by atoms with E-state index in [0.717, 1.165) is 16.3 Å². The van der Waals surface area contributed by atoms with Crippen LogP contribution in [0.2, 0.25) is 0 Å². The van der Waals surface area contributed by atoms with Crippen molar-refractivity contribution in [3.05, 3.63) is 76.0 Å². The molecule has 5 nitrogen and oxygen atoms in total. The topological polar surface area (TPSA) is 74.8 Å². The van der Waals surface area contributed by atoms with Crippen molar-refractivity contribution in [2.24, 2.45) is 0 Å². The molecule has 0 spiro atoms. The molecule has 116 valence electrons. The first kappa shape index (κ1) is 15.0. The number of aryl methyl sites for hydroxylation is 1. The summed E-state index contributed by atoms with van der Waals surface area (Å²) in [4.78, 5) is 30.4. The van der Waals surface area contributed by atoms with Gasteiger partial charge in [-0.25, -0.2) is 4.98 Å². The number of nitrogens with one attached hydrogen (secondary N) is 2. The Bertz CT molecular complexity index is 925. The molecule has 3 rings (SSSR count). The number of hydrogen-bond donors (Lipinski definition) is 2. The van der Waals surface area contributed by atoms with E-state index in [0.29, 0.717) is 5.82 Å². The van der Waals surface area contributed by atoms with Crippen LogP contribution in [0, 0.1) is 6.92 Å². The highest BCUT2D eigenvalue weighted by atomic mass is 16.2. The summed E-state index contributed by atoms with van der Waals surface area (Å²) in [6.45, 7) is 3.56. The Morgan fingerprint density at radius 1 is 1.17 bits per heavy atom. The lowest BCUT2D eigenvalue weighted by atomic mass is 9.99. The van der Waals surface area contributed by atoms with Gasteiger partial charge in [-0.05, 0) is 30.2 Å². The van der Waals surface area contributed by atoms with E-state index in [1.165, 1.54) is 6.07 Å². The molecule has 0 aliphatic heterocycles. The molecule has 2 aromatic carbocycles. The van der Waals surface area contributed by atoms with Gasteiger partial charge in [0.05, 0.1) is 6.04 Å². The van der Waals surface area contributed by atoms with Gasteiger partial charge in [0.25, 0.3) is 11.5 Å². The molecule has 1 atom stereocenters. The number of hydrogen-bond acceptors (Lipinski definition) is 3. The molecule has 1 amide bonds. The van der Waals surface area contributed by atoms with Gasteiger partial charge < -0.3 is 10.3 Å². The predicted octanol–water partition coefficient (Wildman–Crippen LogP) is 2.72.